The van der Waals surface area contributed by atoms with Crippen LogP contribution in [0.25, 0.3) is 22.0 Å². The number of anilines is 1. The Labute approximate surface area is 278 Å². The van der Waals surface area contributed by atoms with E-state index in [0.717, 1.165) is 60.9 Å². The SMILES string of the molecule is Cc1cc(OCCCc2c3n(c4c(-c5c(C)nn(C)c5C)c(Cl)ccc24)[C@@H](C)CN(c2cccc(C(=O)O)c2)C3=O)cc(C)c1Cl. The molecule has 3 heterocycles. The predicted molar refractivity (Wildman–Crippen MR) is 183 cm³/mol. The minimum absolute atomic E-state index is 0.130. The number of fused-ring (bicyclic) bond motifs is 3. The quantitative estimate of drug-likeness (QED) is 0.169. The second-order valence-corrected chi connectivity index (χ2v) is 12.9. The first-order valence-corrected chi connectivity index (χ1v) is 16.0. The zero-order valence-corrected chi connectivity index (χ0v) is 28.3. The van der Waals surface area contributed by atoms with E-state index >= 15 is 0 Å². The molecule has 46 heavy (non-hydrogen) atoms. The van der Waals surface area contributed by atoms with Crippen LogP contribution in [0.4, 0.5) is 5.69 Å². The Morgan fingerprint density at radius 3 is 2.41 bits per heavy atom. The molecule has 1 atom stereocenters. The molecule has 1 aliphatic rings. The van der Waals surface area contributed by atoms with Gasteiger partial charge < -0.3 is 19.3 Å². The number of halogens is 2. The summed E-state index contributed by atoms with van der Waals surface area (Å²) in [5, 5.41) is 16.6. The molecule has 2 aromatic heterocycles. The molecule has 0 saturated carbocycles. The van der Waals surface area contributed by atoms with Crippen LogP contribution >= 0.6 is 23.2 Å². The van der Waals surface area contributed by atoms with Crippen molar-refractivity contribution in [3.63, 3.8) is 0 Å². The molecule has 3 aromatic carbocycles. The van der Waals surface area contributed by atoms with E-state index in [1.54, 1.807) is 23.1 Å². The van der Waals surface area contributed by atoms with E-state index in [2.05, 4.69) is 16.6 Å². The Bertz CT molecular complexity index is 2020. The number of benzene rings is 3. The third kappa shape index (κ3) is 5.33. The largest absolute Gasteiger partial charge is 0.494 e. The maximum Gasteiger partial charge on any atom is 0.335 e. The van der Waals surface area contributed by atoms with Crippen molar-refractivity contribution in [1.82, 2.24) is 14.3 Å². The van der Waals surface area contributed by atoms with Gasteiger partial charge >= 0.3 is 5.97 Å². The smallest absolute Gasteiger partial charge is 0.335 e. The molecule has 0 saturated heterocycles. The third-order valence-electron chi connectivity index (χ3n) is 8.97. The molecule has 0 spiro atoms. The maximum absolute atomic E-state index is 14.5. The van der Waals surface area contributed by atoms with E-state index in [9.17, 15) is 14.7 Å². The Hall–Kier alpha value is -4.27. The summed E-state index contributed by atoms with van der Waals surface area (Å²) >= 11 is 13.4. The van der Waals surface area contributed by atoms with E-state index < -0.39 is 5.97 Å². The summed E-state index contributed by atoms with van der Waals surface area (Å²) in [4.78, 5) is 28.0. The molecule has 5 aromatic rings. The van der Waals surface area contributed by atoms with Crippen molar-refractivity contribution in [3.05, 3.63) is 97.9 Å². The summed E-state index contributed by atoms with van der Waals surface area (Å²) in [7, 11) is 1.91. The zero-order chi connectivity index (χ0) is 33.0. The third-order valence-corrected chi connectivity index (χ3v) is 9.88. The van der Waals surface area contributed by atoms with E-state index in [1.807, 2.05) is 63.7 Å². The van der Waals surface area contributed by atoms with Gasteiger partial charge in [-0.3, -0.25) is 9.48 Å². The molecule has 8 nitrogen and oxygen atoms in total. The van der Waals surface area contributed by atoms with Gasteiger partial charge in [-0.1, -0.05) is 35.3 Å². The first kappa shape index (κ1) is 31.7. The number of aryl methyl sites for hydroxylation is 5. The predicted octanol–water partition coefficient (Wildman–Crippen LogP) is 8.51. The van der Waals surface area contributed by atoms with Crippen LogP contribution in [0.1, 0.15) is 68.3 Å². The fourth-order valence-corrected chi connectivity index (χ4v) is 7.11. The number of hydrogen-bond acceptors (Lipinski definition) is 4. The van der Waals surface area contributed by atoms with Gasteiger partial charge in [0.2, 0.25) is 0 Å². The van der Waals surface area contributed by atoms with Crippen LogP contribution in [-0.4, -0.2) is 44.5 Å². The molecule has 6 rings (SSSR count). The van der Waals surface area contributed by atoms with E-state index in [4.69, 9.17) is 27.9 Å². The highest BCUT2D eigenvalue weighted by atomic mass is 35.5. The number of carbonyl (C=O) groups excluding carboxylic acids is 1. The van der Waals surface area contributed by atoms with Crippen LogP contribution in [0.5, 0.6) is 5.75 Å². The molecule has 10 heteroatoms. The second-order valence-electron chi connectivity index (χ2n) is 12.1. The molecule has 0 fully saturated rings. The van der Waals surface area contributed by atoms with Crippen LogP contribution in [0.3, 0.4) is 0 Å². The molecule has 1 aliphatic heterocycles. The molecule has 1 N–H and O–H groups in total. The van der Waals surface area contributed by atoms with Gasteiger partial charge in [-0.15, -0.1) is 0 Å². The number of amides is 1. The number of carbonyl (C=O) groups is 2. The van der Waals surface area contributed by atoms with Gasteiger partial charge in [0, 0.05) is 52.6 Å². The van der Waals surface area contributed by atoms with Crippen LogP contribution in [0, 0.1) is 27.7 Å². The summed E-state index contributed by atoms with van der Waals surface area (Å²) in [5.74, 6) is -0.464. The monoisotopic (exact) mass is 658 g/mol. The van der Waals surface area contributed by atoms with Gasteiger partial charge in [0.15, 0.2) is 0 Å². The lowest BCUT2D eigenvalue weighted by molar-refractivity contribution is 0.0696. The van der Waals surface area contributed by atoms with Gasteiger partial charge in [0.05, 0.1) is 28.4 Å². The fraction of sp³-hybridized carbons (Fsp3) is 0.306. The molecule has 1 amide bonds. The number of nitrogens with zero attached hydrogens (tertiary/aromatic N) is 4. The lowest BCUT2D eigenvalue weighted by Gasteiger charge is -2.34. The number of hydrogen-bond donors (Lipinski definition) is 1. The fourth-order valence-electron chi connectivity index (χ4n) is 6.76. The molecular formula is C36H36Cl2N4O4. The maximum atomic E-state index is 14.5. The average molecular weight is 660 g/mol. The highest BCUT2D eigenvalue weighted by Gasteiger charge is 2.37. The summed E-state index contributed by atoms with van der Waals surface area (Å²) in [6.45, 7) is 10.8. The molecule has 0 aliphatic carbocycles. The highest BCUT2D eigenvalue weighted by Crippen LogP contribution is 2.45. The van der Waals surface area contributed by atoms with Crippen LogP contribution in [0.2, 0.25) is 10.0 Å². The number of rotatable bonds is 8. The number of ether oxygens (including phenoxy) is 1. The van der Waals surface area contributed by atoms with Crippen LogP contribution in [-0.2, 0) is 13.5 Å². The van der Waals surface area contributed by atoms with Crippen molar-refractivity contribution in [3.8, 4) is 16.9 Å². The lowest BCUT2D eigenvalue weighted by Crippen LogP contribution is -2.42. The first-order chi connectivity index (χ1) is 21.9. The van der Waals surface area contributed by atoms with Crippen LogP contribution in [0.15, 0.2) is 48.5 Å². The normalized spacial score (nSPS) is 14.7. The van der Waals surface area contributed by atoms with Gasteiger partial charge in [-0.25, -0.2) is 4.79 Å². The Balaban J connectivity index is 1.48. The number of carboxylic acid groups (broad SMARTS) is 1. The standard InChI is InChI=1S/C36H36Cl2N4O4/c1-19-15-26(16-20(2)32(19)38)46-14-8-11-27-28-12-13-29(37)31(30-22(4)39-40(6)23(30)5)33(28)42-21(3)18-41(35(43)34(27)42)25-10-7-9-24(17-25)36(44)45/h7,9-10,12-13,15-17,21H,8,11,14,18H2,1-6H3,(H,44,45)/t21-/m0/s1. The lowest BCUT2D eigenvalue weighted by atomic mass is 9.98. The van der Waals surface area contributed by atoms with Gasteiger partial charge in [0.1, 0.15) is 11.4 Å². The van der Waals surface area contributed by atoms with Crippen LogP contribution < -0.4 is 9.64 Å². The molecule has 238 valence electrons. The minimum Gasteiger partial charge on any atom is -0.494 e. The van der Waals surface area contributed by atoms with Gasteiger partial charge in [-0.05, 0) is 101 Å². The van der Waals surface area contributed by atoms with Crippen molar-refractivity contribution in [2.75, 3.05) is 18.1 Å². The number of carboxylic acids is 1. The summed E-state index contributed by atoms with van der Waals surface area (Å²) in [5.41, 5.74) is 8.65. The first-order valence-electron chi connectivity index (χ1n) is 15.3. The molecule has 0 bridgehead atoms. The molecule has 0 radical (unpaired) electrons. The summed E-state index contributed by atoms with van der Waals surface area (Å²) < 4.78 is 10.1. The number of aromatic carboxylic acids is 1. The van der Waals surface area contributed by atoms with E-state index in [1.165, 1.54) is 6.07 Å². The van der Waals surface area contributed by atoms with E-state index in [0.29, 0.717) is 42.4 Å². The van der Waals surface area contributed by atoms with Gasteiger partial charge in [-0.2, -0.15) is 5.10 Å². The van der Waals surface area contributed by atoms with Crippen molar-refractivity contribution >= 4 is 51.7 Å². The summed E-state index contributed by atoms with van der Waals surface area (Å²) in [6.07, 6.45) is 1.24. The average Bonchev–Trinajstić information content (AvgIpc) is 3.48. The van der Waals surface area contributed by atoms with Crippen molar-refractivity contribution < 1.29 is 19.4 Å². The van der Waals surface area contributed by atoms with Crippen molar-refractivity contribution in [2.24, 2.45) is 7.05 Å². The Morgan fingerprint density at radius 2 is 1.76 bits per heavy atom. The zero-order valence-electron chi connectivity index (χ0n) is 26.7. The van der Waals surface area contributed by atoms with Gasteiger partial charge in [0.25, 0.3) is 5.91 Å². The Morgan fingerprint density at radius 1 is 1.04 bits per heavy atom. The molecule has 0 unspecified atom stereocenters. The number of aromatic nitrogens is 3. The van der Waals surface area contributed by atoms with Crippen molar-refractivity contribution in [1.29, 1.82) is 0 Å². The minimum atomic E-state index is -1.04. The molecular weight excluding hydrogens is 623 g/mol. The Kier molecular flexibility index (Phi) is 8.38. The topological polar surface area (TPSA) is 89.6 Å². The van der Waals surface area contributed by atoms with E-state index in [-0.39, 0.29) is 17.5 Å². The summed E-state index contributed by atoms with van der Waals surface area (Å²) in [6, 6.07) is 14.2. The van der Waals surface area contributed by atoms with Crippen molar-refractivity contribution in [2.45, 2.75) is 53.5 Å². The highest BCUT2D eigenvalue weighted by molar-refractivity contribution is 6.35. The second kappa shape index (κ2) is 12.2.